The maximum Gasteiger partial charge on any atom is 0.287 e. The number of hydrogen-bond donors (Lipinski definition) is 2. The van der Waals surface area contributed by atoms with E-state index in [0.29, 0.717) is 10.7 Å². The molecule has 104 valence electrons. The van der Waals surface area contributed by atoms with Gasteiger partial charge in [-0.2, -0.15) is 5.10 Å². The monoisotopic (exact) mass is 290 g/mol. The van der Waals surface area contributed by atoms with E-state index in [-0.39, 0.29) is 5.91 Å². The number of H-pyrrole nitrogens is 1. The molecular formula is C14H15ClN4O. The van der Waals surface area contributed by atoms with Gasteiger partial charge in [0, 0.05) is 26.0 Å². The number of rotatable bonds is 4. The Labute approximate surface area is 122 Å². The highest BCUT2D eigenvalue weighted by Crippen LogP contribution is 2.11. The number of aromatic nitrogens is 1. The van der Waals surface area contributed by atoms with Gasteiger partial charge in [-0.25, -0.2) is 5.43 Å². The van der Waals surface area contributed by atoms with Crippen LogP contribution in [0.1, 0.15) is 16.1 Å². The van der Waals surface area contributed by atoms with Crippen LogP contribution in [0.15, 0.2) is 41.6 Å². The van der Waals surface area contributed by atoms with Crippen LogP contribution >= 0.6 is 11.6 Å². The minimum absolute atomic E-state index is 0.335. The summed E-state index contributed by atoms with van der Waals surface area (Å²) in [6.45, 7) is 0. The highest BCUT2D eigenvalue weighted by Gasteiger charge is 2.05. The number of hydrazone groups is 1. The van der Waals surface area contributed by atoms with Crippen molar-refractivity contribution in [3.63, 3.8) is 0 Å². The van der Waals surface area contributed by atoms with Crippen molar-refractivity contribution in [1.82, 2.24) is 10.4 Å². The molecule has 0 aliphatic rings. The van der Waals surface area contributed by atoms with Crippen molar-refractivity contribution in [3.8, 4) is 0 Å². The molecule has 0 radical (unpaired) electrons. The second-order valence-electron chi connectivity index (χ2n) is 4.42. The molecule has 0 saturated heterocycles. The molecule has 0 unspecified atom stereocenters. The number of amides is 1. The van der Waals surface area contributed by atoms with Gasteiger partial charge in [-0.1, -0.05) is 23.7 Å². The van der Waals surface area contributed by atoms with Crippen LogP contribution in [-0.4, -0.2) is 31.2 Å². The van der Waals surface area contributed by atoms with Gasteiger partial charge in [-0.15, -0.1) is 0 Å². The molecule has 5 nitrogen and oxygen atoms in total. The molecule has 0 fully saturated rings. The molecule has 1 amide bonds. The first-order valence-electron chi connectivity index (χ1n) is 6.01. The first-order valence-corrected chi connectivity index (χ1v) is 6.39. The standard InChI is InChI=1S/C14H15ClN4O/c1-19(2)12-5-3-10(4-6-12)8-17-18-14(20)13-7-11(15)9-16-13/h3-9,16H,1-2H3,(H,18,20)/b17-8+. The van der Waals surface area contributed by atoms with Crippen LogP contribution in [0.3, 0.4) is 0 Å². The Balaban J connectivity index is 1.94. The van der Waals surface area contributed by atoms with E-state index >= 15 is 0 Å². The molecule has 0 bridgehead atoms. The predicted molar refractivity (Wildman–Crippen MR) is 81.6 cm³/mol. The predicted octanol–water partition coefficient (Wildman–Crippen LogP) is 2.50. The van der Waals surface area contributed by atoms with Gasteiger partial charge in [-0.05, 0) is 23.8 Å². The van der Waals surface area contributed by atoms with Gasteiger partial charge in [0.1, 0.15) is 5.69 Å². The normalized spacial score (nSPS) is 10.8. The van der Waals surface area contributed by atoms with E-state index in [2.05, 4.69) is 15.5 Å². The van der Waals surface area contributed by atoms with Crippen molar-refractivity contribution >= 4 is 29.4 Å². The second kappa shape index (κ2) is 6.25. The summed E-state index contributed by atoms with van der Waals surface area (Å²) in [6, 6.07) is 9.35. The van der Waals surface area contributed by atoms with E-state index in [1.54, 1.807) is 12.4 Å². The number of carbonyl (C=O) groups excluding carboxylic acids is 1. The van der Waals surface area contributed by atoms with Crippen molar-refractivity contribution < 1.29 is 4.79 Å². The first kappa shape index (κ1) is 14.1. The minimum Gasteiger partial charge on any atom is -0.378 e. The van der Waals surface area contributed by atoms with Crippen LogP contribution in [0, 0.1) is 0 Å². The summed E-state index contributed by atoms with van der Waals surface area (Å²) in [5.74, 6) is -0.335. The molecule has 1 heterocycles. The topological polar surface area (TPSA) is 60.5 Å². The van der Waals surface area contributed by atoms with E-state index in [1.807, 2.05) is 43.3 Å². The average Bonchev–Trinajstić information content (AvgIpc) is 2.86. The lowest BCUT2D eigenvalue weighted by molar-refractivity contribution is 0.0951. The lowest BCUT2D eigenvalue weighted by Gasteiger charge is -2.11. The molecule has 0 atom stereocenters. The second-order valence-corrected chi connectivity index (χ2v) is 4.85. The molecule has 0 aliphatic heterocycles. The number of carbonyl (C=O) groups is 1. The molecule has 1 aromatic heterocycles. The first-order chi connectivity index (χ1) is 9.56. The van der Waals surface area contributed by atoms with Gasteiger partial charge >= 0.3 is 0 Å². The van der Waals surface area contributed by atoms with E-state index in [0.717, 1.165) is 11.3 Å². The highest BCUT2D eigenvalue weighted by atomic mass is 35.5. The maximum absolute atomic E-state index is 11.7. The van der Waals surface area contributed by atoms with Gasteiger partial charge in [0.15, 0.2) is 0 Å². The van der Waals surface area contributed by atoms with Crippen LogP contribution in [0.4, 0.5) is 5.69 Å². The number of anilines is 1. The molecule has 20 heavy (non-hydrogen) atoms. The maximum atomic E-state index is 11.7. The molecule has 0 spiro atoms. The van der Waals surface area contributed by atoms with E-state index in [1.165, 1.54) is 6.07 Å². The van der Waals surface area contributed by atoms with Crippen LogP contribution in [0.25, 0.3) is 0 Å². The third-order valence-electron chi connectivity index (χ3n) is 2.68. The molecule has 2 N–H and O–H groups in total. The zero-order valence-electron chi connectivity index (χ0n) is 11.2. The van der Waals surface area contributed by atoms with Gasteiger partial charge in [0.05, 0.1) is 11.2 Å². The summed E-state index contributed by atoms with van der Waals surface area (Å²) in [5, 5.41) is 4.39. The summed E-state index contributed by atoms with van der Waals surface area (Å²) in [7, 11) is 3.95. The van der Waals surface area contributed by atoms with Crippen LogP contribution in [0.5, 0.6) is 0 Å². The van der Waals surface area contributed by atoms with Crippen LogP contribution < -0.4 is 10.3 Å². The minimum atomic E-state index is -0.335. The van der Waals surface area contributed by atoms with Gasteiger partial charge in [-0.3, -0.25) is 4.79 Å². The van der Waals surface area contributed by atoms with Crippen molar-refractivity contribution in [2.45, 2.75) is 0 Å². The smallest absolute Gasteiger partial charge is 0.287 e. The zero-order valence-corrected chi connectivity index (χ0v) is 12.0. The molecule has 2 aromatic rings. The quantitative estimate of drug-likeness (QED) is 0.671. The SMILES string of the molecule is CN(C)c1ccc(/C=N/NC(=O)c2cc(Cl)c[nH]2)cc1. The number of hydrogen-bond acceptors (Lipinski definition) is 3. The van der Waals surface area contributed by atoms with Crippen molar-refractivity contribution in [2.24, 2.45) is 5.10 Å². The third kappa shape index (κ3) is 3.61. The Hall–Kier alpha value is -2.27. The van der Waals surface area contributed by atoms with Crippen LogP contribution in [-0.2, 0) is 0 Å². The molecule has 2 rings (SSSR count). The van der Waals surface area contributed by atoms with Crippen molar-refractivity contribution in [3.05, 3.63) is 52.8 Å². The molecule has 0 saturated carbocycles. The van der Waals surface area contributed by atoms with Crippen LogP contribution in [0.2, 0.25) is 5.02 Å². The number of benzene rings is 1. The Morgan fingerprint density at radius 3 is 2.60 bits per heavy atom. The fourth-order valence-corrected chi connectivity index (χ4v) is 1.75. The highest BCUT2D eigenvalue weighted by molar-refractivity contribution is 6.30. The van der Waals surface area contributed by atoms with Gasteiger partial charge in [0.2, 0.25) is 0 Å². The Morgan fingerprint density at radius 2 is 2.05 bits per heavy atom. The summed E-state index contributed by atoms with van der Waals surface area (Å²) in [4.78, 5) is 16.4. The Kier molecular flexibility index (Phi) is 4.42. The number of nitrogens with one attached hydrogen (secondary N) is 2. The lowest BCUT2D eigenvalue weighted by Crippen LogP contribution is -2.17. The molecular weight excluding hydrogens is 276 g/mol. The lowest BCUT2D eigenvalue weighted by atomic mass is 10.2. The third-order valence-corrected chi connectivity index (χ3v) is 2.90. The van der Waals surface area contributed by atoms with Gasteiger partial charge < -0.3 is 9.88 Å². The van der Waals surface area contributed by atoms with E-state index < -0.39 is 0 Å². The summed E-state index contributed by atoms with van der Waals surface area (Å²) >= 11 is 5.72. The van der Waals surface area contributed by atoms with E-state index in [4.69, 9.17) is 11.6 Å². The largest absolute Gasteiger partial charge is 0.378 e. The fraction of sp³-hybridized carbons (Fsp3) is 0.143. The average molecular weight is 291 g/mol. The summed E-state index contributed by atoms with van der Waals surface area (Å²) in [6.07, 6.45) is 3.13. The van der Waals surface area contributed by atoms with Crippen molar-refractivity contribution in [2.75, 3.05) is 19.0 Å². The number of halogens is 1. The Morgan fingerprint density at radius 1 is 1.35 bits per heavy atom. The molecule has 1 aromatic carbocycles. The summed E-state index contributed by atoms with van der Waals surface area (Å²) in [5.41, 5.74) is 4.81. The Bertz CT molecular complexity index is 616. The number of nitrogens with zero attached hydrogens (tertiary/aromatic N) is 2. The fourth-order valence-electron chi connectivity index (χ4n) is 1.58. The molecule has 0 aliphatic carbocycles. The van der Waals surface area contributed by atoms with Gasteiger partial charge in [0.25, 0.3) is 5.91 Å². The van der Waals surface area contributed by atoms with Crippen molar-refractivity contribution in [1.29, 1.82) is 0 Å². The van der Waals surface area contributed by atoms with E-state index in [9.17, 15) is 4.79 Å². The zero-order chi connectivity index (χ0) is 14.5. The summed E-state index contributed by atoms with van der Waals surface area (Å²) < 4.78 is 0. The molecule has 6 heteroatoms. The number of aromatic amines is 1.